The highest BCUT2D eigenvalue weighted by molar-refractivity contribution is 5.93. The van der Waals surface area contributed by atoms with Crippen LogP contribution in [0.2, 0.25) is 0 Å². The second-order valence-corrected chi connectivity index (χ2v) is 7.06. The Bertz CT molecular complexity index is 1260. The number of carbonyl (C=O) groups excluding carboxylic acids is 1. The maximum Gasteiger partial charge on any atom is 0.254 e. The van der Waals surface area contributed by atoms with Gasteiger partial charge in [0.2, 0.25) is 5.91 Å². The molecular weight excluding hydrogens is 382 g/mol. The average molecular weight is 403 g/mol. The Morgan fingerprint density at radius 2 is 2.10 bits per heavy atom. The van der Waals surface area contributed by atoms with Crippen LogP contribution >= 0.6 is 0 Å². The molecule has 3 heterocycles. The molecule has 1 amide bonds. The van der Waals surface area contributed by atoms with Crippen molar-refractivity contribution in [2.45, 2.75) is 26.3 Å². The molecule has 8 heteroatoms. The molecule has 0 unspecified atom stereocenters. The lowest BCUT2D eigenvalue weighted by molar-refractivity contribution is -0.116. The first kappa shape index (κ1) is 19.4. The van der Waals surface area contributed by atoms with Crippen molar-refractivity contribution < 1.29 is 9.90 Å². The molecule has 0 saturated carbocycles. The first-order chi connectivity index (χ1) is 14.5. The van der Waals surface area contributed by atoms with Crippen LogP contribution in [0.15, 0.2) is 59.7 Å². The molecule has 4 aromatic rings. The number of anilines is 1. The third-order valence-corrected chi connectivity index (χ3v) is 4.81. The molecule has 3 N–H and O–H groups in total. The van der Waals surface area contributed by atoms with Crippen LogP contribution in [0.25, 0.3) is 22.4 Å². The fourth-order valence-corrected chi connectivity index (χ4v) is 3.35. The number of hydrogen-bond acceptors (Lipinski definition) is 5. The summed E-state index contributed by atoms with van der Waals surface area (Å²) in [7, 11) is 0. The Hall–Kier alpha value is -3.94. The van der Waals surface area contributed by atoms with Gasteiger partial charge in [-0.3, -0.25) is 14.6 Å². The molecule has 152 valence electrons. The van der Waals surface area contributed by atoms with E-state index in [4.69, 9.17) is 0 Å². The van der Waals surface area contributed by atoms with Crippen LogP contribution in [0.5, 0.6) is 5.75 Å². The number of hydrogen-bond donors (Lipinski definition) is 3. The van der Waals surface area contributed by atoms with Gasteiger partial charge in [-0.05, 0) is 49.7 Å². The van der Waals surface area contributed by atoms with E-state index in [1.54, 1.807) is 23.9 Å². The Morgan fingerprint density at radius 1 is 1.23 bits per heavy atom. The molecular formula is C22H21N5O3. The van der Waals surface area contributed by atoms with Crippen molar-refractivity contribution in [3.05, 3.63) is 70.9 Å². The highest BCUT2D eigenvalue weighted by Crippen LogP contribution is 2.22. The molecule has 0 fully saturated rings. The number of rotatable bonds is 6. The third-order valence-electron chi connectivity index (χ3n) is 4.81. The van der Waals surface area contributed by atoms with Gasteiger partial charge in [0.05, 0.1) is 11.0 Å². The maximum absolute atomic E-state index is 12.3. The van der Waals surface area contributed by atoms with Gasteiger partial charge >= 0.3 is 0 Å². The number of aromatic nitrogens is 4. The summed E-state index contributed by atoms with van der Waals surface area (Å²) in [5.41, 5.74) is 3.56. The topological polar surface area (TPSA) is 113 Å². The van der Waals surface area contributed by atoms with Crippen LogP contribution in [0.3, 0.4) is 0 Å². The Labute approximate surface area is 172 Å². The zero-order chi connectivity index (χ0) is 21.1. The Morgan fingerprint density at radius 3 is 2.87 bits per heavy atom. The van der Waals surface area contributed by atoms with E-state index in [0.717, 1.165) is 22.4 Å². The standard InChI is InChI=1S/C22H21N5O3/c1-14-10-17(28)12-21(30)27(14)9-3-5-20(29)24-16-6-7-18-19(11-16)26-22(25-18)15-4-2-8-23-13-15/h2,4,6-8,10-13,28H,3,5,9H2,1H3,(H,24,29)(H,25,26). The van der Waals surface area contributed by atoms with Crippen LogP contribution in [0.1, 0.15) is 18.5 Å². The van der Waals surface area contributed by atoms with E-state index in [1.807, 2.05) is 30.3 Å². The van der Waals surface area contributed by atoms with Crippen molar-refractivity contribution in [1.82, 2.24) is 19.5 Å². The largest absolute Gasteiger partial charge is 0.508 e. The van der Waals surface area contributed by atoms with Crippen molar-refractivity contribution in [1.29, 1.82) is 0 Å². The summed E-state index contributed by atoms with van der Waals surface area (Å²) < 4.78 is 1.55. The number of nitrogens with zero attached hydrogens (tertiary/aromatic N) is 3. The molecule has 0 aliphatic carbocycles. The Kier molecular flexibility index (Phi) is 5.30. The van der Waals surface area contributed by atoms with E-state index in [2.05, 4.69) is 20.3 Å². The second-order valence-electron chi connectivity index (χ2n) is 7.06. The van der Waals surface area contributed by atoms with Crippen LogP contribution in [-0.2, 0) is 11.3 Å². The lowest BCUT2D eigenvalue weighted by Crippen LogP contribution is -2.22. The molecule has 4 rings (SSSR count). The summed E-state index contributed by atoms with van der Waals surface area (Å²) in [4.78, 5) is 36.2. The second kappa shape index (κ2) is 8.20. The lowest BCUT2D eigenvalue weighted by atomic mass is 10.2. The summed E-state index contributed by atoms with van der Waals surface area (Å²) in [5.74, 6) is 0.537. The summed E-state index contributed by atoms with van der Waals surface area (Å²) >= 11 is 0. The van der Waals surface area contributed by atoms with Gasteiger partial charge in [-0.2, -0.15) is 0 Å². The summed E-state index contributed by atoms with van der Waals surface area (Å²) in [6, 6.07) is 12.0. The van der Waals surface area contributed by atoms with Crippen molar-refractivity contribution in [3.63, 3.8) is 0 Å². The van der Waals surface area contributed by atoms with Crippen molar-refractivity contribution in [2.24, 2.45) is 0 Å². The van der Waals surface area contributed by atoms with Crippen molar-refractivity contribution in [2.75, 3.05) is 5.32 Å². The average Bonchev–Trinajstić information content (AvgIpc) is 3.14. The zero-order valence-electron chi connectivity index (χ0n) is 16.4. The van der Waals surface area contributed by atoms with Crippen LogP contribution in [0.4, 0.5) is 5.69 Å². The van der Waals surface area contributed by atoms with E-state index in [1.165, 1.54) is 12.1 Å². The van der Waals surface area contributed by atoms with Crippen molar-refractivity contribution in [3.8, 4) is 17.1 Å². The molecule has 0 spiro atoms. The maximum atomic E-state index is 12.3. The Balaban J connectivity index is 1.39. The number of aryl methyl sites for hydroxylation is 1. The van der Waals surface area contributed by atoms with E-state index in [9.17, 15) is 14.7 Å². The molecule has 0 radical (unpaired) electrons. The van der Waals surface area contributed by atoms with Gasteiger partial charge in [-0.25, -0.2) is 4.98 Å². The van der Waals surface area contributed by atoms with Gasteiger partial charge in [-0.15, -0.1) is 0 Å². The predicted molar refractivity (Wildman–Crippen MR) is 114 cm³/mol. The van der Waals surface area contributed by atoms with Gasteiger partial charge in [0.15, 0.2) is 0 Å². The van der Waals surface area contributed by atoms with Gasteiger partial charge in [0.1, 0.15) is 11.6 Å². The van der Waals surface area contributed by atoms with Gasteiger partial charge in [0, 0.05) is 48.4 Å². The number of nitrogens with one attached hydrogen (secondary N) is 2. The van der Waals surface area contributed by atoms with E-state index in [-0.39, 0.29) is 23.6 Å². The van der Waals surface area contributed by atoms with Gasteiger partial charge < -0.3 is 20.0 Å². The van der Waals surface area contributed by atoms with Crippen molar-refractivity contribution >= 4 is 22.6 Å². The van der Waals surface area contributed by atoms with E-state index in [0.29, 0.717) is 24.3 Å². The fourth-order valence-electron chi connectivity index (χ4n) is 3.35. The molecule has 30 heavy (non-hydrogen) atoms. The number of amides is 1. The highest BCUT2D eigenvalue weighted by Gasteiger charge is 2.09. The summed E-state index contributed by atoms with van der Waals surface area (Å²) in [5, 5.41) is 12.3. The lowest BCUT2D eigenvalue weighted by Gasteiger charge is -2.10. The minimum Gasteiger partial charge on any atom is -0.508 e. The minimum atomic E-state index is -0.276. The molecule has 0 saturated heterocycles. The van der Waals surface area contributed by atoms with Crippen LogP contribution < -0.4 is 10.9 Å². The number of fused-ring (bicyclic) bond motifs is 1. The molecule has 1 aromatic carbocycles. The van der Waals surface area contributed by atoms with Gasteiger partial charge in [0.25, 0.3) is 5.56 Å². The predicted octanol–water partition coefficient (Wildman–Crippen LogP) is 3.22. The number of H-pyrrole nitrogens is 1. The van der Waals surface area contributed by atoms with Gasteiger partial charge in [-0.1, -0.05) is 0 Å². The number of benzene rings is 1. The zero-order valence-corrected chi connectivity index (χ0v) is 16.4. The SMILES string of the molecule is Cc1cc(O)cc(=O)n1CCCC(=O)Nc1ccc2nc(-c3cccnc3)[nH]c2c1. The van der Waals surface area contributed by atoms with E-state index >= 15 is 0 Å². The minimum absolute atomic E-state index is 0.0487. The molecule has 0 aliphatic rings. The fraction of sp³-hybridized carbons (Fsp3) is 0.182. The summed E-state index contributed by atoms with van der Waals surface area (Å²) in [6.45, 7) is 2.16. The highest BCUT2D eigenvalue weighted by atomic mass is 16.3. The smallest absolute Gasteiger partial charge is 0.254 e. The first-order valence-electron chi connectivity index (χ1n) is 9.60. The van der Waals surface area contributed by atoms with Crippen LogP contribution in [0, 0.1) is 6.92 Å². The number of aromatic hydroxyl groups is 1. The molecule has 0 atom stereocenters. The quantitative estimate of drug-likeness (QED) is 0.457. The van der Waals surface area contributed by atoms with E-state index < -0.39 is 0 Å². The number of imidazole rings is 1. The third kappa shape index (κ3) is 4.22. The first-order valence-corrected chi connectivity index (χ1v) is 9.60. The number of aromatic amines is 1. The molecule has 8 nitrogen and oxygen atoms in total. The molecule has 0 aliphatic heterocycles. The monoisotopic (exact) mass is 403 g/mol. The number of pyridine rings is 2. The van der Waals surface area contributed by atoms with Crippen LogP contribution in [-0.4, -0.2) is 30.5 Å². The number of carbonyl (C=O) groups is 1. The molecule has 3 aromatic heterocycles. The molecule has 0 bridgehead atoms. The summed E-state index contributed by atoms with van der Waals surface area (Å²) in [6.07, 6.45) is 4.23. The normalized spacial score (nSPS) is 11.0.